The number of nitrogens with one attached hydrogen (secondary N) is 2. The third-order valence-corrected chi connectivity index (χ3v) is 6.48. The zero-order valence-electron chi connectivity index (χ0n) is 19.4. The number of fused-ring (bicyclic) bond motifs is 1. The summed E-state index contributed by atoms with van der Waals surface area (Å²) in [5.74, 6) is 1.52. The molecule has 2 heterocycles. The maximum Gasteiger partial charge on any atom is 0.251 e. The fourth-order valence-corrected chi connectivity index (χ4v) is 4.37. The van der Waals surface area contributed by atoms with Crippen LogP contribution >= 0.6 is 11.8 Å². The van der Waals surface area contributed by atoms with Crippen molar-refractivity contribution in [2.45, 2.75) is 25.0 Å². The van der Waals surface area contributed by atoms with Crippen LogP contribution in [0, 0.1) is 5.92 Å². The van der Waals surface area contributed by atoms with Gasteiger partial charge in [0, 0.05) is 30.7 Å². The van der Waals surface area contributed by atoms with Crippen molar-refractivity contribution in [1.29, 1.82) is 0 Å². The fraction of sp³-hybridized carbons (Fsp3) is 0.320. The standard InChI is InChI=1S/C25H28N4O4S/c1-16(2)23(18-6-9-20-21(14-18)33-13-12-32-20)28-24(31)17-4-7-19(8-5-17)27-22(30)15-34-25-26-10-11-29(25)3/h4-11,14,16,23H,12-13,15H2,1-3H3,(H,27,30)(H,28,31)/t23-/m1/s1. The molecule has 0 radical (unpaired) electrons. The molecule has 1 atom stereocenters. The van der Waals surface area contributed by atoms with Gasteiger partial charge in [-0.05, 0) is 47.9 Å². The van der Waals surface area contributed by atoms with E-state index in [0.717, 1.165) is 16.5 Å². The van der Waals surface area contributed by atoms with Crippen LogP contribution in [0.2, 0.25) is 0 Å². The van der Waals surface area contributed by atoms with E-state index in [1.54, 1.807) is 30.5 Å². The van der Waals surface area contributed by atoms with Crippen LogP contribution in [0.3, 0.4) is 0 Å². The van der Waals surface area contributed by atoms with Crippen molar-refractivity contribution in [1.82, 2.24) is 14.9 Å². The number of carbonyl (C=O) groups is 2. The molecular weight excluding hydrogens is 452 g/mol. The van der Waals surface area contributed by atoms with Crippen molar-refractivity contribution < 1.29 is 19.1 Å². The van der Waals surface area contributed by atoms with Crippen molar-refractivity contribution in [3.63, 3.8) is 0 Å². The lowest BCUT2D eigenvalue weighted by Gasteiger charge is -2.25. The van der Waals surface area contributed by atoms with Gasteiger partial charge in [-0.1, -0.05) is 31.7 Å². The van der Waals surface area contributed by atoms with E-state index in [1.807, 2.05) is 36.0 Å². The summed E-state index contributed by atoms with van der Waals surface area (Å²) in [5, 5.41) is 6.75. The Labute approximate surface area is 203 Å². The molecule has 8 nitrogen and oxygen atoms in total. The van der Waals surface area contributed by atoms with Gasteiger partial charge in [-0.3, -0.25) is 9.59 Å². The molecule has 3 aromatic rings. The highest BCUT2D eigenvalue weighted by molar-refractivity contribution is 7.99. The Morgan fingerprint density at radius 3 is 2.50 bits per heavy atom. The highest BCUT2D eigenvalue weighted by Gasteiger charge is 2.22. The van der Waals surface area contributed by atoms with Crippen LogP contribution in [-0.4, -0.2) is 40.3 Å². The molecule has 2 N–H and O–H groups in total. The smallest absolute Gasteiger partial charge is 0.251 e. The molecular formula is C25H28N4O4S. The molecule has 4 rings (SSSR count). The molecule has 178 valence electrons. The lowest BCUT2D eigenvalue weighted by atomic mass is 9.95. The molecule has 34 heavy (non-hydrogen) atoms. The van der Waals surface area contributed by atoms with Crippen molar-refractivity contribution in [3.8, 4) is 11.5 Å². The summed E-state index contributed by atoms with van der Waals surface area (Å²) in [6.45, 7) is 5.17. The van der Waals surface area contributed by atoms with Gasteiger partial charge < -0.3 is 24.7 Å². The van der Waals surface area contributed by atoms with Gasteiger partial charge in [0.15, 0.2) is 16.7 Å². The second-order valence-corrected chi connectivity index (χ2v) is 9.28. The molecule has 0 fully saturated rings. The molecule has 2 aromatic carbocycles. The van der Waals surface area contributed by atoms with Gasteiger partial charge in [0.25, 0.3) is 5.91 Å². The number of aromatic nitrogens is 2. The molecule has 1 aromatic heterocycles. The maximum absolute atomic E-state index is 13.0. The van der Waals surface area contributed by atoms with Crippen LogP contribution in [0.25, 0.3) is 0 Å². The van der Waals surface area contributed by atoms with Crippen molar-refractivity contribution in [2.75, 3.05) is 24.3 Å². The summed E-state index contributed by atoms with van der Waals surface area (Å²) in [6, 6.07) is 12.5. The lowest BCUT2D eigenvalue weighted by molar-refractivity contribution is -0.113. The first-order valence-electron chi connectivity index (χ1n) is 11.1. The number of anilines is 1. The van der Waals surface area contributed by atoms with Crippen LogP contribution in [0.15, 0.2) is 60.0 Å². The quantitative estimate of drug-likeness (QED) is 0.473. The van der Waals surface area contributed by atoms with Crippen molar-refractivity contribution >= 4 is 29.3 Å². The number of aryl methyl sites for hydroxylation is 1. The molecule has 0 saturated heterocycles. The predicted molar refractivity (Wildman–Crippen MR) is 131 cm³/mol. The van der Waals surface area contributed by atoms with Crippen LogP contribution in [-0.2, 0) is 11.8 Å². The largest absolute Gasteiger partial charge is 0.486 e. The van der Waals surface area contributed by atoms with E-state index in [1.165, 1.54) is 11.8 Å². The first kappa shape index (κ1) is 23.7. The number of benzene rings is 2. The number of amides is 2. The SMILES string of the molecule is CC(C)[C@@H](NC(=O)c1ccc(NC(=O)CSc2nccn2C)cc1)c1ccc2c(c1)OCCO2. The fourth-order valence-electron chi connectivity index (χ4n) is 3.64. The lowest BCUT2D eigenvalue weighted by Crippen LogP contribution is -2.32. The van der Waals surface area contributed by atoms with Crippen molar-refractivity contribution in [2.24, 2.45) is 13.0 Å². The van der Waals surface area contributed by atoms with Gasteiger partial charge in [0.1, 0.15) is 13.2 Å². The molecule has 0 aliphatic carbocycles. The summed E-state index contributed by atoms with van der Waals surface area (Å²) in [7, 11) is 1.88. The van der Waals surface area contributed by atoms with Crippen LogP contribution in [0.1, 0.15) is 35.8 Å². The summed E-state index contributed by atoms with van der Waals surface area (Å²) >= 11 is 1.36. The Morgan fingerprint density at radius 1 is 1.09 bits per heavy atom. The molecule has 1 aliphatic rings. The average Bonchev–Trinajstić information content (AvgIpc) is 3.25. The van der Waals surface area contributed by atoms with Crippen molar-refractivity contribution in [3.05, 3.63) is 66.0 Å². The van der Waals surface area contributed by atoms with E-state index >= 15 is 0 Å². The number of imidazole rings is 1. The molecule has 0 spiro atoms. The summed E-state index contributed by atoms with van der Waals surface area (Å²) in [4.78, 5) is 29.4. The minimum atomic E-state index is -0.189. The molecule has 1 aliphatic heterocycles. The molecule has 9 heteroatoms. The van der Waals surface area contributed by atoms with Gasteiger partial charge in [0.2, 0.25) is 5.91 Å². The number of hydrogen-bond donors (Lipinski definition) is 2. The van der Waals surface area contributed by atoms with Gasteiger partial charge in [-0.25, -0.2) is 4.98 Å². The predicted octanol–water partition coefficient (Wildman–Crippen LogP) is 4.05. The normalized spacial score (nSPS) is 13.4. The minimum absolute atomic E-state index is 0.135. The Bertz CT molecular complexity index is 1160. The van der Waals surface area contributed by atoms with E-state index in [0.29, 0.717) is 30.2 Å². The molecule has 2 amide bonds. The Balaban J connectivity index is 1.36. The maximum atomic E-state index is 13.0. The molecule has 0 saturated carbocycles. The Hall–Kier alpha value is -3.46. The van der Waals surface area contributed by atoms with Gasteiger partial charge >= 0.3 is 0 Å². The summed E-state index contributed by atoms with van der Waals surface area (Å²) in [6.07, 6.45) is 3.53. The minimum Gasteiger partial charge on any atom is -0.486 e. The number of ether oxygens (including phenoxy) is 2. The number of hydrogen-bond acceptors (Lipinski definition) is 6. The van der Waals surface area contributed by atoms with E-state index in [9.17, 15) is 9.59 Å². The third kappa shape index (κ3) is 5.72. The van der Waals surface area contributed by atoms with Crippen LogP contribution < -0.4 is 20.1 Å². The first-order chi connectivity index (χ1) is 16.4. The van der Waals surface area contributed by atoms with E-state index in [2.05, 4.69) is 29.5 Å². The summed E-state index contributed by atoms with van der Waals surface area (Å²) < 4.78 is 13.2. The zero-order valence-corrected chi connectivity index (χ0v) is 20.2. The topological polar surface area (TPSA) is 94.5 Å². The van der Waals surface area contributed by atoms with Gasteiger partial charge in [0.05, 0.1) is 11.8 Å². The highest BCUT2D eigenvalue weighted by Crippen LogP contribution is 2.34. The van der Waals surface area contributed by atoms with E-state index < -0.39 is 0 Å². The second-order valence-electron chi connectivity index (χ2n) is 8.33. The summed E-state index contributed by atoms with van der Waals surface area (Å²) in [5.41, 5.74) is 2.11. The molecule has 0 bridgehead atoms. The van der Waals surface area contributed by atoms with Gasteiger partial charge in [-0.2, -0.15) is 0 Å². The average molecular weight is 481 g/mol. The molecule has 0 unspecified atom stereocenters. The zero-order chi connectivity index (χ0) is 24.1. The monoisotopic (exact) mass is 480 g/mol. The van der Waals surface area contributed by atoms with Crippen LogP contribution in [0.4, 0.5) is 5.69 Å². The first-order valence-corrected chi connectivity index (χ1v) is 12.1. The number of nitrogens with zero attached hydrogens (tertiary/aromatic N) is 2. The van der Waals surface area contributed by atoms with Gasteiger partial charge in [-0.15, -0.1) is 0 Å². The Morgan fingerprint density at radius 2 is 1.82 bits per heavy atom. The number of carbonyl (C=O) groups excluding carboxylic acids is 2. The van der Waals surface area contributed by atoms with Crippen LogP contribution in [0.5, 0.6) is 11.5 Å². The number of rotatable bonds is 8. The van der Waals surface area contributed by atoms with E-state index in [4.69, 9.17) is 9.47 Å². The Kier molecular flexibility index (Phi) is 7.42. The third-order valence-electron chi connectivity index (χ3n) is 5.42. The number of thioether (sulfide) groups is 1. The van der Waals surface area contributed by atoms with E-state index in [-0.39, 0.29) is 29.5 Å². The highest BCUT2D eigenvalue weighted by atomic mass is 32.2. The second kappa shape index (κ2) is 10.6.